The lowest BCUT2D eigenvalue weighted by Gasteiger charge is -2.26. The Morgan fingerprint density at radius 3 is 2.58 bits per heavy atom. The standard InChI is InChI=1S/C18H21N3O5/c1-11-3-4-12(2)14(9-11)21-16(22)13(10-20-5-7-26-8-6-20)15(17(23)24)19-18(21)25/h3-4,9H,5-8,10H2,1-2H3,(H,19,25)(H,23,24). The Hall–Kier alpha value is -2.71. The monoisotopic (exact) mass is 359 g/mol. The molecule has 8 heteroatoms. The molecule has 1 aliphatic heterocycles. The van der Waals surface area contributed by atoms with Gasteiger partial charge in [0, 0.05) is 19.6 Å². The highest BCUT2D eigenvalue weighted by atomic mass is 16.5. The van der Waals surface area contributed by atoms with Crippen LogP contribution in [0.2, 0.25) is 0 Å². The number of nitrogens with zero attached hydrogens (tertiary/aromatic N) is 2. The van der Waals surface area contributed by atoms with E-state index in [1.54, 1.807) is 13.0 Å². The van der Waals surface area contributed by atoms with E-state index in [0.29, 0.717) is 32.0 Å². The first-order chi connectivity index (χ1) is 12.4. The number of rotatable bonds is 4. The molecule has 0 aliphatic carbocycles. The van der Waals surface area contributed by atoms with Crippen molar-refractivity contribution in [3.8, 4) is 5.69 Å². The van der Waals surface area contributed by atoms with Gasteiger partial charge in [0.15, 0.2) is 0 Å². The molecule has 0 saturated carbocycles. The van der Waals surface area contributed by atoms with Crippen LogP contribution in [-0.4, -0.2) is 51.8 Å². The molecule has 0 unspecified atom stereocenters. The lowest BCUT2D eigenvalue weighted by molar-refractivity contribution is 0.0336. The number of H-pyrrole nitrogens is 1. The fraction of sp³-hybridized carbons (Fsp3) is 0.389. The Balaban J connectivity index is 2.19. The van der Waals surface area contributed by atoms with Gasteiger partial charge in [-0.05, 0) is 31.0 Å². The maximum absolute atomic E-state index is 13.1. The summed E-state index contributed by atoms with van der Waals surface area (Å²) in [6.45, 7) is 6.05. The molecule has 1 saturated heterocycles. The Labute approximate surface area is 149 Å². The number of carbonyl (C=O) groups is 1. The third-order valence-corrected chi connectivity index (χ3v) is 4.50. The molecule has 26 heavy (non-hydrogen) atoms. The number of nitrogens with one attached hydrogen (secondary N) is 1. The largest absolute Gasteiger partial charge is 0.477 e. The average molecular weight is 359 g/mol. The summed E-state index contributed by atoms with van der Waals surface area (Å²) in [4.78, 5) is 41.4. The highest BCUT2D eigenvalue weighted by Crippen LogP contribution is 2.14. The van der Waals surface area contributed by atoms with E-state index in [-0.39, 0.29) is 17.8 Å². The van der Waals surface area contributed by atoms with Crippen LogP contribution in [0, 0.1) is 13.8 Å². The van der Waals surface area contributed by atoms with Gasteiger partial charge in [-0.1, -0.05) is 12.1 Å². The lowest BCUT2D eigenvalue weighted by Crippen LogP contribution is -2.43. The third-order valence-electron chi connectivity index (χ3n) is 4.50. The minimum Gasteiger partial charge on any atom is -0.477 e. The van der Waals surface area contributed by atoms with Gasteiger partial charge in [-0.2, -0.15) is 0 Å². The van der Waals surface area contributed by atoms with Crippen LogP contribution in [0.4, 0.5) is 0 Å². The number of aromatic amines is 1. The van der Waals surface area contributed by atoms with Gasteiger partial charge >= 0.3 is 11.7 Å². The highest BCUT2D eigenvalue weighted by molar-refractivity contribution is 5.86. The second kappa shape index (κ2) is 7.27. The normalized spacial score (nSPS) is 15.2. The van der Waals surface area contributed by atoms with Crippen LogP contribution in [0.15, 0.2) is 27.8 Å². The molecular formula is C18H21N3O5. The number of aryl methyl sites for hydroxylation is 2. The van der Waals surface area contributed by atoms with E-state index in [4.69, 9.17) is 4.74 Å². The molecule has 2 heterocycles. The van der Waals surface area contributed by atoms with Gasteiger partial charge in [-0.25, -0.2) is 14.2 Å². The number of morpholine rings is 1. The van der Waals surface area contributed by atoms with Gasteiger partial charge in [-0.3, -0.25) is 9.69 Å². The fourth-order valence-corrected chi connectivity index (χ4v) is 3.06. The van der Waals surface area contributed by atoms with Crippen molar-refractivity contribution in [2.45, 2.75) is 20.4 Å². The molecule has 2 aromatic rings. The molecule has 8 nitrogen and oxygen atoms in total. The van der Waals surface area contributed by atoms with E-state index in [9.17, 15) is 19.5 Å². The van der Waals surface area contributed by atoms with E-state index in [0.717, 1.165) is 15.7 Å². The molecule has 138 valence electrons. The van der Waals surface area contributed by atoms with Crippen molar-refractivity contribution in [1.82, 2.24) is 14.5 Å². The molecule has 1 aromatic heterocycles. The Bertz CT molecular complexity index is 954. The lowest BCUT2D eigenvalue weighted by atomic mass is 10.1. The van der Waals surface area contributed by atoms with E-state index < -0.39 is 17.2 Å². The summed E-state index contributed by atoms with van der Waals surface area (Å²) in [7, 11) is 0. The number of hydrogen-bond acceptors (Lipinski definition) is 5. The summed E-state index contributed by atoms with van der Waals surface area (Å²) in [6, 6.07) is 5.45. The maximum Gasteiger partial charge on any atom is 0.352 e. The SMILES string of the molecule is Cc1ccc(C)c(-n2c(=O)[nH]c(C(=O)O)c(CN3CCOCC3)c2=O)c1. The van der Waals surface area contributed by atoms with E-state index in [2.05, 4.69) is 4.98 Å². The Morgan fingerprint density at radius 1 is 1.23 bits per heavy atom. The summed E-state index contributed by atoms with van der Waals surface area (Å²) in [5, 5.41) is 9.44. The number of carboxylic acids is 1. The first-order valence-corrected chi connectivity index (χ1v) is 8.37. The number of hydrogen-bond donors (Lipinski definition) is 2. The average Bonchev–Trinajstić information content (AvgIpc) is 2.61. The van der Waals surface area contributed by atoms with Gasteiger partial charge in [0.05, 0.1) is 24.5 Å². The smallest absolute Gasteiger partial charge is 0.352 e. The fourth-order valence-electron chi connectivity index (χ4n) is 3.06. The molecule has 2 N–H and O–H groups in total. The predicted molar refractivity (Wildman–Crippen MR) is 95.2 cm³/mol. The van der Waals surface area contributed by atoms with Crippen LogP contribution in [0.3, 0.4) is 0 Å². The van der Waals surface area contributed by atoms with Gasteiger partial charge in [0.1, 0.15) is 5.69 Å². The zero-order valence-electron chi connectivity index (χ0n) is 14.7. The number of ether oxygens (including phenoxy) is 1. The summed E-state index contributed by atoms with van der Waals surface area (Å²) in [6.07, 6.45) is 0. The highest BCUT2D eigenvalue weighted by Gasteiger charge is 2.23. The first-order valence-electron chi connectivity index (χ1n) is 8.37. The number of benzene rings is 1. The summed E-state index contributed by atoms with van der Waals surface area (Å²) in [5.74, 6) is -1.32. The molecule has 0 spiro atoms. The molecule has 0 atom stereocenters. The van der Waals surface area contributed by atoms with Crippen LogP contribution in [0.1, 0.15) is 27.2 Å². The van der Waals surface area contributed by atoms with E-state index in [1.807, 2.05) is 24.0 Å². The summed E-state index contributed by atoms with van der Waals surface area (Å²) >= 11 is 0. The van der Waals surface area contributed by atoms with Gasteiger partial charge < -0.3 is 14.8 Å². The quantitative estimate of drug-likeness (QED) is 0.832. The first kappa shape index (κ1) is 18.1. The minimum absolute atomic E-state index is 0.0694. The van der Waals surface area contributed by atoms with Crippen molar-refractivity contribution in [2.75, 3.05) is 26.3 Å². The van der Waals surface area contributed by atoms with Crippen molar-refractivity contribution in [2.24, 2.45) is 0 Å². The molecule has 0 amide bonds. The molecular weight excluding hydrogens is 338 g/mol. The second-order valence-electron chi connectivity index (χ2n) is 6.41. The van der Waals surface area contributed by atoms with Crippen molar-refractivity contribution >= 4 is 5.97 Å². The second-order valence-corrected chi connectivity index (χ2v) is 6.41. The molecule has 0 bridgehead atoms. The predicted octanol–water partition coefficient (Wildman–Crippen LogP) is 0.673. The van der Waals surface area contributed by atoms with Crippen molar-refractivity contribution in [3.63, 3.8) is 0 Å². The number of carboxylic acid groups (broad SMARTS) is 1. The van der Waals surface area contributed by atoms with Crippen molar-refractivity contribution < 1.29 is 14.6 Å². The zero-order chi connectivity index (χ0) is 18.8. The molecule has 3 rings (SSSR count). The topological polar surface area (TPSA) is 105 Å². The number of aromatic carboxylic acids is 1. The van der Waals surface area contributed by atoms with E-state index in [1.165, 1.54) is 0 Å². The summed E-state index contributed by atoms with van der Waals surface area (Å²) < 4.78 is 6.31. The van der Waals surface area contributed by atoms with Crippen LogP contribution in [0.5, 0.6) is 0 Å². The van der Waals surface area contributed by atoms with Crippen LogP contribution in [0.25, 0.3) is 5.69 Å². The van der Waals surface area contributed by atoms with Crippen LogP contribution >= 0.6 is 0 Å². The molecule has 0 radical (unpaired) electrons. The molecule has 1 aromatic carbocycles. The van der Waals surface area contributed by atoms with Crippen LogP contribution < -0.4 is 11.2 Å². The Kier molecular flexibility index (Phi) is 5.06. The third kappa shape index (κ3) is 3.47. The zero-order valence-corrected chi connectivity index (χ0v) is 14.7. The minimum atomic E-state index is -1.32. The van der Waals surface area contributed by atoms with Gasteiger partial charge in [-0.15, -0.1) is 0 Å². The molecule has 1 aliphatic rings. The van der Waals surface area contributed by atoms with Crippen molar-refractivity contribution in [1.29, 1.82) is 0 Å². The van der Waals surface area contributed by atoms with Crippen LogP contribution in [-0.2, 0) is 11.3 Å². The van der Waals surface area contributed by atoms with E-state index >= 15 is 0 Å². The molecule has 1 fully saturated rings. The van der Waals surface area contributed by atoms with Crippen molar-refractivity contribution in [3.05, 3.63) is 61.4 Å². The summed E-state index contributed by atoms with van der Waals surface area (Å²) in [5.41, 5.74) is 0.458. The maximum atomic E-state index is 13.1. The Morgan fingerprint density at radius 2 is 1.92 bits per heavy atom. The van der Waals surface area contributed by atoms with Gasteiger partial charge in [0.2, 0.25) is 0 Å². The number of aromatic nitrogens is 2. The van der Waals surface area contributed by atoms with Gasteiger partial charge in [0.25, 0.3) is 5.56 Å².